The van der Waals surface area contributed by atoms with Crippen LogP contribution in [-0.4, -0.2) is 43.2 Å². The number of likely N-dealkylation sites (tertiary alicyclic amines) is 1. The van der Waals surface area contributed by atoms with Crippen LogP contribution in [0.2, 0.25) is 0 Å². The lowest BCUT2D eigenvalue weighted by atomic mass is 10.1. The summed E-state index contributed by atoms with van der Waals surface area (Å²) in [6, 6.07) is 6.04. The molecule has 0 radical (unpaired) electrons. The molecule has 2 amide bonds. The minimum Gasteiger partial charge on any atom is -0.366 e. The molecule has 1 fully saturated rings. The molecule has 0 spiro atoms. The predicted molar refractivity (Wildman–Crippen MR) is 96.4 cm³/mol. The minimum atomic E-state index is -3.99. The summed E-state index contributed by atoms with van der Waals surface area (Å²) >= 11 is 0. The van der Waals surface area contributed by atoms with Gasteiger partial charge in [-0.3, -0.25) is 14.3 Å². The van der Waals surface area contributed by atoms with E-state index in [1.807, 2.05) is 0 Å². The van der Waals surface area contributed by atoms with Gasteiger partial charge < -0.3 is 15.6 Å². The Morgan fingerprint density at radius 1 is 1.23 bits per heavy atom. The lowest BCUT2D eigenvalue weighted by Crippen LogP contribution is -2.27. The highest BCUT2D eigenvalue weighted by Crippen LogP contribution is 2.24. The van der Waals surface area contributed by atoms with Crippen LogP contribution in [0, 0.1) is 6.92 Å². The van der Waals surface area contributed by atoms with Crippen molar-refractivity contribution in [3.05, 3.63) is 47.3 Å². The van der Waals surface area contributed by atoms with Crippen LogP contribution >= 0.6 is 0 Å². The number of anilines is 1. The van der Waals surface area contributed by atoms with Gasteiger partial charge in [-0.25, -0.2) is 8.42 Å². The molecule has 3 rings (SSSR count). The highest BCUT2D eigenvalue weighted by atomic mass is 32.2. The van der Waals surface area contributed by atoms with Crippen molar-refractivity contribution in [2.24, 2.45) is 5.73 Å². The molecule has 1 aromatic heterocycles. The van der Waals surface area contributed by atoms with E-state index in [2.05, 4.69) is 9.71 Å². The number of nitrogens with zero attached hydrogens (tertiary/aromatic N) is 1. The van der Waals surface area contributed by atoms with E-state index in [-0.39, 0.29) is 27.7 Å². The van der Waals surface area contributed by atoms with Crippen LogP contribution in [0.15, 0.2) is 35.4 Å². The van der Waals surface area contributed by atoms with E-state index in [1.54, 1.807) is 24.0 Å². The topological polar surface area (TPSA) is 125 Å². The van der Waals surface area contributed by atoms with Crippen LogP contribution in [0.3, 0.4) is 0 Å². The van der Waals surface area contributed by atoms with Gasteiger partial charge in [0.05, 0.1) is 11.3 Å². The third-order valence-electron chi connectivity index (χ3n) is 4.37. The Bertz CT molecular complexity index is 959. The van der Waals surface area contributed by atoms with Crippen LogP contribution < -0.4 is 10.5 Å². The normalized spacial score (nSPS) is 14.4. The fourth-order valence-electron chi connectivity index (χ4n) is 2.95. The van der Waals surface area contributed by atoms with Gasteiger partial charge in [0.2, 0.25) is 0 Å². The summed E-state index contributed by atoms with van der Waals surface area (Å²) in [4.78, 5) is 28.3. The molecule has 0 saturated carbocycles. The second-order valence-corrected chi connectivity index (χ2v) is 7.90. The SMILES string of the molecule is Cc1cccc(C(N)=O)c1NS(=O)(=O)c1c[nH]c(C(=O)N2CCCC2)c1. The largest absolute Gasteiger partial charge is 0.366 e. The van der Waals surface area contributed by atoms with Crippen LogP contribution in [-0.2, 0) is 10.0 Å². The van der Waals surface area contributed by atoms with Crippen molar-refractivity contribution in [1.29, 1.82) is 0 Å². The Morgan fingerprint density at radius 2 is 1.92 bits per heavy atom. The number of para-hydroxylation sites is 1. The molecule has 0 atom stereocenters. The Labute approximate surface area is 151 Å². The summed E-state index contributed by atoms with van der Waals surface area (Å²) in [5.74, 6) is -0.956. The van der Waals surface area contributed by atoms with Crippen LogP contribution in [0.25, 0.3) is 0 Å². The van der Waals surface area contributed by atoms with Gasteiger partial charge in [0, 0.05) is 19.3 Å². The number of hydrogen-bond donors (Lipinski definition) is 3. The zero-order valence-corrected chi connectivity index (χ0v) is 15.1. The highest BCUT2D eigenvalue weighted by molar-refractivity contribution is 7.92. The molecule has 8 nitrogen and oxygen atoms in total. The average Bonchev–Trinajstić information content (AvgIpc) is 3.28. The highest BCUT2D eigenvalue weighted by Gasteiger charge is 2.25. The quantitative estimate of drug-likeness (QED) is 0.730. The Balaban J connectivity index is 1.88. The lowest BCUT2D eigenvalue weighted by Gasteiger charge is -2.13. The summed E-state index contributed by atoms with van der Waals surface area (Å²) in [7, 11) is -3.99. The summed E-state index contributed by atoms with van der Waals surface area (Å²) in [6.07, 6.45) is 3.15. The first-order chi connectivity index (χ1) is 12.3. The van der Waals surface area contributed by atoms with Gasteiger partial charge in [-0.2, -0.15) is 0 Å². The summed E-state index contributed by atoms with van der Waals surface area (Å²) in [6.45, 7) is 3.01. The van der Waals surface area contributed by atoms with Crippen molar-refractivity contribution in [3.63, 3.8) is 0 Å². The molecule has 0 bridgehead atoms. The molecule has 26 heavy (non-hydrogen) atoms. The first-order valence-electron chi connectivity index (χ1n) is 8.19. The number of aromatic nitrogens is 1. The van der Waals surface area contributed by atoms with Gasteiger partial charge >= 0.3 is 0 Å². The van der Waals surface area contributed by atoms with Gasteiger partial charge in [-0.15, -0.1) is 0 Å². The zero-order valence-electron chi connectivity index (χ0n) is 14.3. The summed E-state index contributed by atoms with van der Waals surface area (Å²) in [5.41, 5.74) is 6.32. The number of carbonyl (C=O) groups is 2. The molecule has 138 valence electrons. The number of sulfonamides is 1. The molecule has 0 aliphatic carbocycles. The molecule has 2 heterocycles. The third-order valence-corrected chi connectivity index (χ3v) is 5.69. The van der Waals surface area contributed by atoms with Crippen molar-refractivity contribution in [2.75, 3.05) is 17.8 Å². The second kappa shape index (κ2) is 6.83. The molecule has 1 aliphatic rings. The molecule has 2 aromatic rings. The van der Waals surface area contributed by atoms with E-state index < -0.39 is 15.9 Å². The number of carbonyl (C=O) groups excluding carboxylic acids is 2. The fraction of sp³-hybridized carbons (Fsp3) is 0.294. The van der Waals surface area contributed by atoms with E-state index in [1.165, 1.54) is 18.3 Å². The lowest BCUT2D eigenvalue weighted by molar-refractivity contribution is 0.0787. The minimum absolute atomic E-state index is 0.0810. The maximum Gasteiger partial charge on any atom is 0.270 e. The van der Waals surface area contributed by atoms with Gasteiger partial charge in [0.1, 0.15) is 10.6 Å². The molecular weight excluding hydrogens is 356 g/mol. The van der Waals surface area contributed by atoms with E-state index in [9.17, 15) is 18.0 Å². The Hall–Kier alpha value is -2.81. The Morgan fingerprint density at radius 3 is 2.58 bits per heavy atom. The van der Waals surface area contributed by atoms with Crippen molar-refractivity contribution in [2.45, 2.75) is 24.7 Å². The molecule has 1 saturated heterocycles. The third kappa shape index (κ3) is 3.43. The molecule has 9 heteroatoms. The molecular formula is C17H20N4O4S. The van der Waals surface area contributed by atoms with Crippen LogP contribution in [0.4, 0.5) is 5.69 Å². The molecule has 4 N–H and O–H groups in total. The first kappa shape index (κ1) is 18.0. The fourth-order valence-corrected chi connectivity index (χ4v) is 4.09. The smallest absolute Gasteiger partial charge is 0.270 e. The number of hydrogen-bond acceptors (Lipinski definition) is 4. The second-order valence-electron chi connectivity index (χ2n) is 6.22. The number of aryl methyl sites for hydroxylation is 1. The van der Waals surface area contributed by atoms with Crippen LogP contribution in [0.1, 0.15) is 39.3 Å². The summed E-state index contributed by atoms with van der Waals surface area (Å²) < 4.78 is 27.8. The van der Waals surface area contributed by atoms with Crippen molar-refractivity contribution in [3.8, 4) is 0 Å². The van der Waals surface area contributed by atoms with Crippen LogP contribution in [0.5, 0.6) is 0 Å². The average molecular weight is 376 g/mol. The number of rotatable bonds is 5. The number of benzene rings is 1. The van der Waals surface area contributed by atoms with Crippen molar-refractivity contribution in [1.82, 2.24) is 9.88 Å². The monoisotopic (exact) mass is 376 g/mol. The predicted octanol–water partition coefficient (Wildman–Crippen LogP) is 1.46. The number of H-pyrrole nitrogens is 1. The maximum atomic E-state index is 12.7. The number of nitrogens with two attached hydrogens (primary N) is 1. The molecule has 1 aliphatic heterocycles. The number of aromatic amines is 1. The van der Waals surface area contributed by atoms with E-state index >= 15 is 0 Å². The summed E-state index contributed by atoms with van der Waals surface area (Å²) in [5, 5.41) is 0. The number of nitrogens with one attached hydrogen (secondary N) is 2. The van der Waals surface area contributed by atoms with Gasteiger partial charge in [0.15, 0.2) is 0 Å². The Kier molecular flexibility index (Phi) is 4.73. The zero-order chi connectivity index (χ0) is 18.9. The standard InChI is InChI=1S/C17H20N4O4S/c1-11-5-4-6-13(16(18)22)15(11)20-26(24,25)12-9-14(19-10-12)17(23)21-7-2-3-8-21/h4-6,9-10,19-20H,2-3,7-8H2,1H3,(H2,18,22). The van der Waals surface area contributed by atoms with E-state index in [0.29, 0.717) is 18.7 Å². The molecule has 0 unspecified atom stereocenters. The van der Waals surface area contributed by atoms with Gasteiger partial charge in [-0.05, 0) is 37.5 Å². The maximum absolute atomic E-state index is 12.7. The number of amides is 2. The number of primary amides is 1. The van der Waals surface area contributed by atoms with Gasteiger partial charge in [0.25, 0.3) is 21.8 Å². The van der Waals surface area contributed by atoms with Crippen molar-refractivity contribution < 1.29 is 18.0 Å². The van der Waals surface area contributed by atoms with E-state index in [0.717, 1.165) is 12.8 Å². The van der Waals surface area contributed by atoms with Crippen molar-refractivity contribution >= 4 is 27.5 Å². The van der Waals surface area contributed by atoms with Gasteiger partial charge in [-0.1, -0.05) is 12.1 Å². The van der Waals surface area contributed by atoms with E-state index in [4.69, 9.17) is 5.73 Å². The molecule has 1 aromatic carbocycles. The first-order valence-corrected chi connectivity index (χ1v) is 9.68.